The Morgan fingerprint density at radius 3 is 2.62 bits per heavy atom. The fraction of sp³-hybridized carbons (Fsp3) is 0.120. The third-order valence-corrected chi connectivity index (χ3v) is 5.84. The van der Waals surface area contributed by atoms with E-state index in [2.05, 4.69) is 11.2 Å². The van der Waals surface area contributed by atoms with Crippen LogP contribution in [0, 0.1) is 35.3 Å². The van der Waals surface area contributed by atoms with Gasteiger partial charge in [0.1, 0.15) is 23.2 Å². The number of nitriles is 1. The highest BCUT2D eigenvalue weighted by Gasteiger charge is 2.38. The number of para-hydroxylation sites is 1. The Morgan fingerprint density at radius 1 is 1.15 bits per heavy atom. The zero-order valence-corrected chi connectivity index (χ0v) is 18.4. The molecule has 0 fully saturated rings. The van der Waals surface area contributed by atoms with Gasteiger partial charge >= 0.3 is 0 Å². The number of hydrogen-bond acceptors (Lipinski definition) is 7. The number of nitro groups is 1. The largest absolute Gasteiger partial charge is 0.460 e. The van der Waals surface area contributed by atoms with Gasteiger partial charge in [-0.05, 0) is 43.7 Å². The summed E-state index contributed by atoms with van der Waals surface area (Å²) >= 11 is 0. The Bertz CT molecular complexity index is 1510. The lowest BCUT2D eigenvalue weighted by atomic mass is 9.88. The summed E-state index contributed by atoms with van der Waals surface area (Å²) in [6.45, 7) is 3.68. The van der Waals surface area contributed by atoms with E-state index in [0.717, 1.165) is 11.3 Å². The smallest absolute Gasteiger partial charge is 0.270 e. The van der Waals surface area contributed by atoms with Crippen LogP contribution in [0.4, 0.5) is 5.69 Å². The monoisotopic (exact) mass is 453 g/mol. The SMILES string of the molecule is Cc1ccc([N+](=O)[O-])cc1-c1ccc(C2C(C#N)=C(N)Oc3c2c(C)nn3-c2ccccc2)o1. The molecule has 0 saturated heterocycles. The maximum absolute atomic E-state index is 11.3. The number of nitrogens with two attached hydrogens (primary N) is 1. The topological polar surface area (TPSA) is 133 Å². The number of fused-ring (bicyclic) bond motifs is 1. The quantitative estimate of drug-likeness (QED) is 0.344. The highest BCUT2D eigenvalue weighted by atomic mass is 16.6. The molecule has 168 valence electrons. The molecule has 4 aromatic rings. The van der Waals surface area contributed by atoms with Crippen molar-refractivity contribution in [3.8, 4) is 29.0 Å². The molecule has 5 rings (SSSR count). The summed E-state index contributed by atoms with van der Waals surface area (Å²) in [5, 5.41) is 25.8. The first-order chi connectivity index (χ1) is 16.4. The molecule has 0 amide bonds. The Hall–Kier alpha value is -4.84. The molecule has 2 aromatic heterocycles. The number of aryl methyl sites for hydroxylation is 2. The van der Waals surface area contributed by atoms with Crippen molar-refractivity contribution in [2.45, 2.75) is 19.8 Å². The number of aromatic nitrogens is 2. The predicted molar refractivity (Wildman–Crippen MR) is 123 cm³/mol. The fourth-order valence-electron chi connectivity index (χ4n) is 4.18. The minimum absolute atomic E-state index is 0.0263. The van der Waals surface area contributed by atoms with Gasteiger partial charge in [-0.25, -0.2) is 4.68 Å². The Balaban J connectivity index is 1.66. The second-order valence-electron chi connectivity index (χ2n) is 7.93. The number of rotatable bonds is 4. The minimum Gasteiger partial charge on any atom is -0.460 e. The number of nitrogens with zero attached hydrogens (tertiary/aromatic N) is 4. The number of furan rings is 1. The molecule has 34 heavy (non-hydrogen) atoms. The number of non-ortho nitro benzene ring substituents is 1. The number of benzene rings is 2. The highest BCUT2D eigenvalue weighted by molar-refractivity contribution is 5.66. The van der Waals surface area contributed by atoms with Crippen molar-refractivity contribution < 1.29 is 14.1 Å². The van der Waals surface area contributed by atoms with Gasteiger partial charge in [-0.3, -0.25) is 10.1 Å². The van der Waals surface area contributed by atoms with Gasteiger partial charge < -0.3 is 14.9 Å². The summed E-state index contributed by atoms with van der Waals surface area (Å²) in [6, 6.07) is 19.7. The van der Waals surface area contributed by atoms with Gasteiger partial charge in [0.05, 0.1) is 27.8 Å². The molecule has 2 N–H and O–H groups in total. The Morgan fingerprint density at radius 2 is 1.91 bits per heavy atom. The van der Waals surface area contributed by atoms with Crippen molar-refractivity contribution in [1.29, 1.82) is 5.26 Å². The maximum Gasteiger partial charge on any atom is 0.270 e. The van der Waals surface area contributed by atoms with E-state index in [4.69, 9.17) is 14.9 Å². The third-order valence-electron chi connectivity index (χ3n) is 5.84. The Kier molecular flexibility index (Phi) is 4.91. The summed E-state index contributed by atoms with van der Waals surface area (Å²) in [5.41, 5.74) is 9.87. The molecule has 1 atom stereocenters. The molecular weight excluding hydrogens is 434 g/mol. The van der Waals surface area contributed by atoms with Crippen LogP contribution < -0.4 is 10.5 Å². The first-order valence-electron chi connectivity index (χ1n) is 10.5. The molecule has 0 spiro atoms. The van der Waals surface area contributed by atoms with Crippen LogP contribution in [-0.4, -0.2) is 14.7 Å². The van der Waals surface area contributed by atoms with Crippen molar-refractivity contribution in [1.82, 2.24) is 9.78 Å². The number of hydrogen-bond donors (Lipinski definition) is 1. The summed E-state index contributed by atoms with van der Waals surface area (Å²) in [4.78, 5) is 10.8. The van der Waals surface area contributed by atoms with Gasteiger partial charge in [0, 0.05) is 17.7 Å². The van der Waals surface area contributed by atoms with Crippen LogP contribution in [0.25, 0.3) is 17.0 Å². The molecule has 0 aliphatic carbocycles. The van der Waals surface area contributed by atoms with E-state index < -0.39 is 10.8 Å². The molecule has 1 aliphatic rings. The minimum atomic E-state index is -0.640. The third kappa shape index (κ3) is 3.29. The molecule has 9 nitrogen and oxygen atoms in total. The summed E-state index contributed by atoms with van der Waals surface area (Å²) < 4.78 is 13.7. The first-order valence-corrected chi connectivity index (χ1v) is 10.5. The van der Waals surface area contributed by atoms with Crippen LogP contribution in [0.3, 0.4) is 0 Å². The number of allylic oxidation sites excluding steroid dienone is 1. The summed E-state index contributed by atoms with van der Waals surface area (Å²) in [7, 11) is 0. The molecule has 0 radical (unpaired) electrons. The van der Waals surface area contributed by atoms with E-state index in [1.54, 1.807) is 22.9 Å². The molecule has 1 unspecified atom stereocenters. The van der Waals surface area contributed by atoms with Gasteiger partial charge in [-0.1, -0.05) is 24.3 Å². The lowest BCUT2D eigenvalue weighted by Crippen LogP contribution is -2.21. The van der Waals surface area contributed by atoms with Crippen LogP contribution in [0.15, 0.2) is 76.5 Å². The molecule has 2 aromatic carbocycles. The van der Waals surface area contributed by atoms with Gasteiger partial charge in [0.2, 0.25) is 11.8 Å². The van der Waals surface area contributed by atoms with Crippen LogP contribution in [0.5, 0.6) is 5.88 Å². The lowest BCUT2D eigenvalue weighted by Gasteiger charge is -2.23. The van der Waals surface area contributed by atoms with Crippen LogP contribution in [0.2, 0.25) is 0 Å². The zero-order chi connectivity index (χ0) is 24.0. The second kappa shape index (κ2) is 7.94. The highest BCUT2D eigenvalue weighted by Crippen LogP contribution is 2.46. The Labute approximate surface area is 194 Å². The molecule has 0 bridgehead atoms. The molecular formula is C25H19N5O4. The second-order valence-corrected chi connectivity index (χ2v) is 7.93. The van der Waals surface area contributed by atoms with E-state index >= 15 is 0 Å². The van der Waals surface area contributed by atoms with Crippen LogP contribution in [-0.2, 0) is 0 Å². The van der Waals surface area contributed by atoms with Crippen molar-refractivity contribution in [2.75, 3.05) is 0 Å². The van der Waals surface area contributed by atoms with E-state index in [0.29, 0.717) is 34.2 Å². The normalized spacial score (nSPS) is 14.9. The van der Waals surface area contributed by atoms with Gasteiger partial charge in [-0.2, -0.15) is 10.4 Å². The standard InChI is InChI=1S/C25H19N5O4/c1-14-8-9-17(30(31)32)12-18(14)20-10-11-21(33-20)23-19(13-26)24(27)34-25-22(23)15(2)28-29(25)16-6-4-3-5-7-16/h3-12,23H,27H2,1-2H3. The maximum atomic E-state index is 11.3. The molecule has 9 heteroatoms. The van der Waals surface area contributed by atoms with Crippen molar-refractivity contribution >= 4 is 5.69 Å². The van der Waals surface area contributed by atoms with Crippen molar-refractivity contribution in [3.05, 3.63) is 105 Å². The first kappa shape index (κ1) is 21.0. The number of nitro benzene ring substituents is 1. The van der Waals surface area contributed by atoms with Gasteiger partial charge in [0.15, 0.2) is 0 Å². The van der Waals surface area contributed by atoms with Crippen molar-refractivity contribution in [3.63, 3.8) is 0 Å². The van der Waals surface area contributed by atoms with E-state index in [9.17, 15) is 15.4 Å². The molecule has 3 heterocycles. The molecule has 0 saturated carbocycles. The van der Waals surface area contributed by atoms with Gasteiger partial charge in [0.25, 0.3) is 5.69 Å². The average molecular weight is 453 g/mol. The van der Waals surface area contributed by atoms with E-state index in [1.807, 2.05) is 44.2 Å². The van der Waals surface area contributed by atoms with Crippen LogP contribution in [0.1, 0.15) is 28.5 Å². The van der Waals surface area contributed by atoms with E-state index in [1.165, 1.54) is 12.1 Å². The summed E-state index contributed by atoms with van der Waals surface area (Å²) in [5.74, 6) is 0.657. The van der Waals surface area contributed by atoms with Crippen LogP contribution >= 0.6 is 0 Å². The van der Waals surface area contributed by atoms with E-state index in [-0.39, 0.29) is 17.1 Å². The average Bonchev–Trinajstić information content (AvgIpc) is 3.44. The lowest BCUT2D eigenvalue weighted by molar-refractivity contribution is -0.384. The fourth-order valence-corrected chi connectivity index (χ4v) is 4.18. The molecule has 1 aliphatic heterocycles. The predicted octanol–water partition coefficient (Wildman–Crippen LogP) is 4.88. The number of ether oxygens (including phenoxy) is 1. The zero-order valence-electron chi connectivity index (χ0n) is 18.4. The summed E-state index contributed by atoms with van der Waals surface area (Å²) in [6.07, 6.45) is 0. The van der Waals surface area contributed by atoms with Gasteiger partial charge in [-0.15, -0.1) is 0 Å². The van der Waals surface area contributed by atoms with Crippen molar-refractivity contribution in [2.24, 2.45) is 5.73 Å².